The number of aromatic amines is 1. The summed E-state index contributed by atoms with van der Waals surface area (Å²) in [5.74, 6) is 0.512. The second-order valence-electron chi connectivity index (χ2n) is 13.8. The van der Waals surface area contributed by atoms with Crippen molar-refractivity contribution in [2.75, 3.05) is 42.9 Å². The molecule has 3 aromatic heterocycles. The third kappa shape index (κ3) is 7.07. The molecule has 276 valence electrons. The van der Waals surface area contributed by atoms with Gasteiger partial charge in [-0.1, -0.05) is 77.3 Å². The van der Waals surface area contributed by atoms with Crippen molar-refractivity contribution in [2.24, 2.45) is 0 Å². The number of nitrogens with one attached hydrogen (secondary N) is 3. The first-order valence-corrected chi connectivity index (χ1v) is 19.3. The van der Waals surface area contributed by atoms with E-state index in [0.717, 1.165) is 54.6 Å². The zero-order valence-electron chi connectivity index (χ0n) is 29.7. The maximum absolute atomic E-state index is 14.7. The van der Waals surface area contributed by atoms with Crippen LogP contribution in [0.15, 0.2) is 91.4 Å². The van der Waals surface area contributed by atoms with Crippen LogP contribution in [0.4, 0.5) is 11.5 Å². The summed E-state index contributed by atoms with van der Waals surface area (Å²) < 4.78 is 2.05. The maximum atomic E-state index is 14.7. The van der Waals surface area contributed by atoms with Crippen LogP contribution >= 0.6 is 34.8 Å². The molecule has 3 aromatic carbocycles. The topological polar surface area (TPSA) is 111 Å². The Hall–Kier alpha value is -4.87. The molecule has 0 aliphatic carbocycles. The van der Waals surface area contributed by atoms with Gasteiger partial charge in [-0.2, -0.15) is 0 Å². The number of benzene rings is 3. The number of rotatable bonds is 8. The Morgan fingerprint density at radius 1 is 0.926 bits per heavy atom. The minimum absolute atomic E-state index is 0.162. The van der Waals surface area contributed by atoms with Gasteiger partial charge in [-0.25, -0.2) is 9.97 Å². The normalized spacial score (nSPS) is 16.1. The Kier molecular flexibility index (Phi) is 10.3. The molecule has 10 nitrogen and oxygen atoms in total. The molecule has 2 aliphatic heterocycles. The van der Waals surface area contributed by atoms with Gasteiger partial charge in [0.2, 0.25) is 5.91 Å². The van der Waals surface area contributed by atoms with Crippen LogP contribution < -0.4 is 15.5 Å². The minimum Gasteiger partial charge on any atom is -0.355 e. The van der Waals surface area contributed by atoms with Crippen molar-refractivity contribution >= 4 is 69.0 Å². The van der Waals surface area contributed by atoms with Gasteiger partial charge in [0.05, 0.1) is 36.0 Å². The maximum Gasteiger partial charge on any atom is 0.272 e. The average molecular weight is 782 g/mol. The van der Waals surface area contributed by atoms with Crippen molar-refractivity contribution < 1.29 is 9.59 Å². The lowest BCUT2D eigenvalue weighted by atomic mass is 9.99. The molecule has 0 unspecified atom stereocenters. The SMILES string of the molecule is C[C@@H](c1ccc(Cl)cc1Cl)n1cnc(-c2ccccc2)c1-c1c(C(=O)Nc2cccnc2N2CCC(N3CCCNCC3=O)CC2)[nH]c2cc(Cl)ccc12. The predicted octanol–water partition coefficient (Wildman–Crippen LogP) is 8.71. The highest BCUT2D eigenvalue weighted by Gasteiger charge is 2.32. The molecular weight excluding hydrogens is 743 g/mol. The molecular formula is C41H39Cl3N8O2. The molecule has 2 fully saturated rings. The van der Waals surface area contributed by atoms with E-state index in [1.165, 1.54) is 0 Å². The summed E-state index contributed by atoms with van der Waals surface area (Å²) in [4.78, 5) is 44.8. The second kappa shape index (κ2) is 15.5. The highest BCUT2D eigenvalue weighted by Crippen LogP contribution is 2.42. The van der Waals surface area contributed by atoms with E-state index < -0.39 is 0 Å². The molecule has 2 amide bonds. The van der Waals surface area contributed by atoms with Crippen molar-refractivity contribution in [3.05, 3.63) is 118 Å². The van der Waals surface area contributed by atoms with E-state index in [1.807, 2.05) is 84.6 Å². The lowest BCUT2D eigenvalue weighted by Gasteiger charge is -2.39. The minimum atomic E-state index is -0.340. The molecule has 13 heteroatoms. The number of fused-ring (bicyclic) bond motifs is 1. The number of pyridine rings is 1. The number of aromatic nitrogens is 4. The van der Waals surface area contributed by atoms with Gasteiger partial charge in [0.1, 0.15) is 5.69 Å². The number of imidazole rings is 1. The first-order chi connectivity index (χ1) is 26.3. The van der Waals surface area contributed by atoms with E-state index in [9.17, 15) is 9.59 Å². The molecule has 0 radical (unpaired) electrons. The number of piperidine rings is 1. The van der Waals surface area contributed by atoms with Crippen LogP contribution in [-0.4, -0.2) is 75.0 Å². The van der Waals surface area contributed by atoms with Crippen LogP contribution in [0.5, 0.6) is 0 Å². The van der Waals surface area contributed by atoms with Crippen LogP contribution in [-0.2, 0) is 4.79 Å². The first kappa shape index (κ1) is 36.1. The molecule has 0 saturated carbocycles. The summed E-state index contributed by atoms with van der Waals surface area (Å²) in [5, 5.41) is 8.84. The number of carbonyl (C=O) groups is 2. The van der Waals surface area contributed by atoms with Crippen LogP contribution in [0, 0.1) is 0 Å². The zero-order chi connectivity index (χ0) is 37.3. The molecule has 0 bridgehead atoms. The summed E-state index contributed by atoms with van der Waals surface area (Å²) in [6, 6.07) is 24.6. The number of H-pyrrole nitrogens is 1. The Morgan fingerprint density at radius 2 is 1.70 bits per heavy atom. The molecule has 2 saturated heterocycles. The molecule has 1 atom stereocenters. The van der Waals surface area contributed by atoms with Crippen molar-refractivity contribution in [1.29, 1.82) is 0 Å². The van der Waals surface area contributed by atoms with E-state index >= 15 is 0 Å². The van der Waals surface area contributed by atoms with E-state index in [4.69, 9.17) is 44.8 Å². The average Bonchev–Trinajstić information content (AvgIpc) is 3.71. The van der Waals surface area contributed by atoms with Crippen LogP contribution in [0.3, 0.4) is 0 Å². The number of halogens is 3. The monoisotopic (exact) mass is 780 g/mol. The molecule has 5 heterocycles. The molecule has 8 rings (SSSR count). The number of amides is 2. The van der Waals surface area contributed by atoms with Crippen molar-refractivity contribution in [3.63, 3.8) is 0 Å². The second-order valence-corrected chi connectivity index (χ2v) is 15.1. The summed E-state index contributed by atoms with van der Waals surface area (Å²) in [6.07, 6.45) is 6.13. The lowest BCUT2D eigenvalue weighted by molar-refractivity contribution is -0.132. The molecule has 0 spiro atoms. The first-order valence-electron chi connectivity index (χ1n) is 18.2. The summed E-state index contributed by atoms with van der Waals surface area (Å²) in [5.41, 5.74) is 5.53. The van der Waals surface area contributed by atoms with Gasteiger partial charge in [-0.05, 0) is 74.7 Å². The van der Waals surface area contributed by atoms with Gasteiger partial charge < -0.3 is 30.0 Å². The van der Waals surface area contributed by atoms with Gasteiger partial charge in [-0.3, -0.25) is 9.59 Å². The fourth-order valence-electron chi connectivity index (χ4n) is 7.79. The van der Waals surface area contributed by atoms with Gasteiger partial charge in [-0.15, -0.1) is 0 Å². The third-order valence-corrected chi connectivity index (χ3v) is 11.3. The Bertz CT molecular complexity index is 2330. The summed E-state index contributed by atoms with van der Waals surface area (Å²) in [6.45, 7) is 5.49. The predicted molar refractivity (Wildman–Crippen MR) is 217 cm³/mol. The Morgan fingerprint density at radius 3 is 2.50 bits per heavy atom. The summed E-state index contributed by atoms with van der Waals surface area (Å²) in [7, 11) is 0. The quantitative estimate of drug-likeness (QED) is 0.143. The smallest absolute Gasteiger partial charge is 0.272 e. The van der Waals surface area contributed by atoms with Crippen LogP contribution in [0.2, 0.25) is 15.1 Å². The molecule has 54 heavy (non-hydrogen) atoms. The Labute approximate surface area is 328 Å². The fourth-order valence-corrected chi connectivity index (χ4v) is 8.53. The van der Waals surface area contributed by atoms with Crippen molar-refractivity contribution in [3.8, 4) is 22.5 Å². The largest absolute Gasteiger partial charge is 0.355 e. The summed E-state index contributed by atoms with van der Waals surface area (Å²) >= 11 is 19.6. The number of hydrogen-bond acceptors (Lipinski definition) is 6. The van der Waals surface area contributed by atoms with E-state index in [0.29, 0.717) is 68.7 Å². The lowest BCUT2D eigenvalue weighted by Crippen LogP contribution is -2.48. The van der Waals surface area contributed by atoms with Crippen LogP contribution in [0.25, 0.3) is 33.4 Å². The number of anilines is 2. The molecule has 3 N–H and O–H groups in total. The number of carbonyl (C=O) groups excluding carboxylic acids is 2. The highest BCUT2D eigenvalue weighted by molar-refractivity contribution is 6.35. The number of nitrogens with zero attached hydrogens (tertiary/aromatic N) is 5. The highest BCUT2D eigenvalue weighted by atomic mass is 35.5. The molecule has 6 aromatic rings. The molecule has 2 aliphatic rings. The van der Waals surface area contributed by atoms with Crippen molar-refractivity contribution in [2.45, 2.75) is 38.3 Å². The van der Waals surface area contributed by atoms with Gasteiger partial charge in [0, 0.05) is 69.0 Å². The fraction of sp³-hybridized carbons (Fsp3) is 0.268. The van der Waals surface area contributed by atoms with Gasteiger partial charge in [0.15, 0.2) is 5.82 Å². The Balaban J connectivity index is 1.18. The third-order valence-electron chi connectivity index (χ3n) is 10.5. The van der Waals surface area contributed by atoms with Crippen molar-refractivity contribution in [1.82, 2.24) is 29.7 Å². The zero-order valence-corrected chi connectivity index (χ0v) is 31.9. The van der Waals surface area contributed by atoms with E-state index in [1.54, 1.807) is 18.6 Å². The van der Waals surface area contributed by atoms with E-state index in [-0.39, 0.29) is 23.9 Å². The standard InChI is InChI=1S/C41H39Cl3N8O2/c1-25(30-12-10-27(42)21-32(30)44)52-24-47-37(26-7-3-2-4-8-26)39(52)36-31-13-11-28(43)22-34(31)48-38(36)41(54)49-33-9-5-17-46-40(33)50-19-14-29(15-20-50)51-18-6-16-45-23-35(51)53/h2-5,7-13,17,21-22,24-25,29,45,48H,6,14-16,18-20,23H2,1H3,(H,49,54)/t25-/m0/s1. The van der Waals surface area contributed by atoms with Gasteiger partial charge in [0.25, 0.3) is 5.91 Å². The van der Waals surface area contributed by atoms with Crippen LogP contribution in [0.1, 0.15) is 48.3 Å². The van der Waals surface area contributed by atoms with Gasteiger partial charge >= 0.3 is 0 Å². The van der Waals surface area contributed by atoms with E-state index in [2.05, 4.69) is 25.1 Å². The number of hydrogen-bond donors (Lipinski definition) is 3.